The van der Waals surface area contributed by atoms with E-state index >= 15 is 0 Å². The van der Waals surface area contributed by atoms with Crippen LogP contribution in [0.25, 0.3) is 11.0 Å². The van der Waals surface area contributed by atoms with E-state index in [4.69, 9.17) is 10.00 Å². The zero-order chi connectivity index (χ0) is 12.4. The summed E-state index contributed by atoms with van der Waals surface area (Å²) in [6.07, 6.45) is 2.52. The van der Waals surface area contributed by atoms with Crippen molar-refractivity contribution in [3.63, 3.8) is 0 Å². The van der Waals surface area contributed by atoms with Gasteiger partial charge in [0.2, 0.25) is 0 Å². The van der Waals surface area contributed by atoms with Crippen LogP contribution in [0.3, 0.4) is 0 Å². The number of nitrogens with zero attached hydrogens (tertiary/aromatic N) is 3. The highest BCUT2D eigenvalue weighted by molar-refractivity contribution is 5.76. The molecule has 1 aliphatic heterocycles. The predicted octanol–water partition coefficient (Wildman–Crippen LogP) is 2.45. The van der Waals surface area contributed by atoms with E-state index in [1.807, 2.05) is 18.2 Å². The second-order valence-corrected chi connectivity index (χ2v) is 4.59. The van der Waals surface area contributed by atoms with Crippen LogP contribution < -0.4 is 0 Å². The largest absolute Gasteiger partial charge is 0.379 e. The van der Waals surface area contributed by atoms with E-state index in [0.717, 1.165) is 42.9 Å². The molecule has 1 atom stereocenters. The maximum Gasteiger partial charge on any atom is 0.124 e. The number of hydrogen-bond acceptors (Lipinski definition) is 3. The highest BCUT2D eigenvalue weighted by Crippen LogP contribution is 2.27. The minimum absolute atomic E-state index is 0.314. The van der Waals surface area contributed by atoms with Crippen LogP contribution in [0.1, 0.15) is 24.7 Å². The quantitative estimate of drug-likeness (QED) is 0.811. The Balaban J connectivity index is 2.11. The molecule has 0 radical (unpaired) electrons. The van der Waals surface area contributed by atoms with Gasteiger partial charge in [0.15, 0.2) is 0 Å². The van der Waals surface area contributed by atoms with E-state index in [9.17, 15) is 0 Å². The summed E-state index contributed by atoms with van der Waals surface area (Å²) >= 11 is 0. The maximum absolute atomic E-state index is 8.93. The van der Waals surface area contributed by atoms with E-state index in [2.05, 4.69) is 21.7 Å². The normalized spacial score (nSPS) is 19.8. The van der Waals surface area contributed by atoms with Crippen LogP contribution in [0.4, 0.5) is 0 Å². The molecule has 4 heteroatoms. The van der Waals surface area contributed by atoms with E-state index in [-0.39, 0.29) is 0 Å². The number of nitriles is 1. The zero-order valence-electron chi connectivity index (χ0n) is 10.2. The number of aromatic nitrogens is 2. The van der Waals surface area contributed by atoms with Crippen LogP contribution in [0.5, 0.6) is 0 Å². The molecule has 0 N–H and O–H groups in total. The lowest BCUT2D eigenvalue weighted by atomic mass is 10.1. The van der Waals surface area contributed by atoms with Gasteiger partial charge in [-0.25, -0.2) is 4.98 Å². The minimum Gasteiger partial charge on any atom is -0.379 e. The topological polar surface area (TPSA) is 50.8 Å². The zero-order valence-corrected chi connectivity index (χ0v) is 10.2. The maximum atomic E-state index is 8.93. The number of rotatable bonds is 2. The Morgan fingerprint density at radius 1 is 1.44 bits per heavy atom. The number of benzene rings is 1. The molecular formula is C14H15N3O. The van der Waals surface area contributed by atoms with Gasteiger partial charge in [-0.2, -0.15) is 5.26 Å². The van der Waals surface area contributed by atoms with Crippen LogP contribution in [0.15, 0.2) is 24.3 Å². The van der Waals surface area contributed by atoms with Gasteiger partial charge < -0.3 is 9.30 Å². The fourth-order valence-electron chi connectivity index (χ4n) is 2.62. The first-order valence-electron chi connectivity index (χ1n) is 6.30. The molecule has 18 heavy (non-hydrogen) atoms. The highest BCUT2D eigenvalue weighted by atomic mass is 16.5. The third-order valence-electron chi connectivity index (χ3n) is 3.41. The first-order chi connectivity index (χ1) is 8.90. The van der Waals surface area contributed by atoms with Crippen molar-refractivity contribution in [2.24, 2.45) is 0 Å². The Morgan fingerprint density at radius 3 is 3.11 bits per heavy atom. The Hall–Kier alpha value is -1.86. The summed E-state index contributed by atoms with van der Waals surface area (Å²) in [4.78, 5) is 4.56. The molecule has 2 aromatic rings. The van der Waals surface area contributed by atoms with Gasteiger partial charge in [-0.3, -0.25) is 0 Å². The molecule has 1 aromatic heterocycles. The van der Waals surface area contributed by atoms with Crippen molar-refractivity contribution in [2.45, 2.75) is 25.3 Å². The van der Waals surface area contributed by atoms with Crippen LogP contribution >= 0.6 is 0 Å². The predicted molar refractivity (Wildman–Crippen MR) is 68.1 cm³/mol. The van der Waals surface area contributed by atoms with Crippen molar-refractivity contribution >= 4 is 11.0 Å². The first kappa shape index (κ1) is 11.2. The molecule has 4 nitrogen and oxygen atoms in total. The molecule has 1 saturated heterocycles. The molecule has 1 aromatic carbocycles. The summed E-state index contributed by atoms with van der Waals surface area (Å²) in [5.74, 6) is 0.856. The Morgan fingerprint density at radius 2 is 2.33 bits per heavy atom. The number of imidazole rings is 1. The van der Waals surface area contributed by atoms with Gasteiger partial charge in [-0.05, 0) is 25.0 Å². The fraction of sp³-hybridized carbons (Fsp3) is 0.429. The Bertz CT molecular complexity index is 591. The molecule has 0 bridgehead atoms. The molecule has 0 spiro atoms. The van der Waals surface area contributed by atoms with Gasteiger partial charge in [0.1, 0.15) is 5.82 Å². The monoisotopic (exact) mass is 241 g/mol. The standard InChI is InChI=1S/C14H15N3O/c15-8-7-14-16-12-5-1-2-6-13(12)17(14)11-4-3-9-18-10-11/h1-2,5-6,11H,3-4,7,9-10H2. The second kappa shape index (κ2) is 4.79. The van der Waals surface area contributed by atoms with Crippen molar-refractivity contribution in [1.82, 2.24) is 9.55 Å². The average Bonchev–Trinajstić information content (AvgIpc) is 2.78. The molecule has 0 aliphatic carbocycles. The summed E-state index contributed by atoms with van der Waals surface area (Å²) in [5.41, 5.74) is 2.08. The number of para-hydroxylation sites is 2. The van der Waals surface area contributed by atoms with Gasteiger partial charge in [-0.1, -0.05) is 12.1 Å². The molecule has 0 amide bonds. The highest BCUT2D eigenvalue weighted by Gasteiger charge is 2.21. The van der Waals surface area contributed by atoms with Crippen LogP contribution in [-0.2, 0) is 11.2 Å². The second-order valence-electron chi connectivity index (χ2n) is 4.59. The molecule has 2 heterocycles. The molecule has 1 aliphatic rings. The lowest BCUT2D eigenvalue weighted by Crippen LogP contribution is -2.22. The summed E-state index contributed by atoms with van der Waals surface area (Å²) in [5, 5.41) is 8.93. The van der Waals surface area contributed by atoms with Crippen LogP contribution in [0.2, 0.25) is 0 Å². The van der Waals surface area contributed by atoms with Crippen molar-refractivity contribution in [3.8, 4) is 6.07 Å². The number of ether oxygens (including phenoxy) is 1. The molecule has 0 saturated carbocycles. The van der Waals surface area contributed by atoms with Crippen molar-refractivity contribution in [3.05, 3.63) is 30.1 Å². The SMILES string of the molecule is N#CCc1nc2ccccc2n1C1CCCOC1. The average molecular weight is 241 g/mol. The van der Waals surface area contributed by atoms with Crippen LogP contribution in [0, 0.1) is 11.3 Å². The number of hydrogen-bond donors (Lipinski definition) is 0. The lowest BCUT2D eigenvalue weighted by molar-refractivity contribution is 0.0597. The van der Waals surface area contributed by atoms with Crippen LogP contribution in [-0.4, -0.2) is 22.8 Å². The van der Waals surface area contributed by atoms with Crippen molar-refractivity contribution in [2.75, 3.05) is 13.2 Å². The summed E-state index contributed by atoms with van der Waals surface area (Å²) in [6, 6.07) is 10.6. The molecule has 3 rings (SSSR count). The summed E-state index contributed by atoms with van der Waals surface area (Å²) in [6.45, 7) is 1.56. The van der Waals surface area contributed by atoms with Gasteiger partial charge in [-0.15, -0.1) is 0 Å². The lowest BCUT2D eigenvalue weighted by Gasteiger charge is -2.25. The summed E-state index contributed by atoms with van der Waals surface area (Å²) < 4.78 is 7.75. The minimum atomic E-state index is 0.314. The fourth-order valence-corrected chi connectivity index (χ4v) is 2.62. The van der Waals surface area contributed by atoms with Gasteiger partial charge >= 0.3 is 0 Å². The van der Waals surface area contributed by atoms with Gasteiger partial charge in [0, 0.05) is 6.61 Å². The molecule has 1 unspecified atom stereocenters. The number of fused-ring (bicyclic) bond motifs is 1. The van der Waals surface area contributed by atoms with Gasteiger partial charge in [0.25, 0.3) is 0 Å². The van der Waals surface area contributed by atoms with Crippen molar-refractivity contribution < 1.29 is 4.74 Å². The van der Waals surface area contributed by atoms with E-state index in [1.54, 1.807) is 0 Å². The van der Waals surface area contributed by atoms with E-state index in [1.165, 1.54) is 0 Å². The Labute approximate surface area is 106 Å². The van der Waals surface area contributed by atoms with Gasteiger partial charge in [0.05, 0.1) is 36.2 Å². The molecule has 1 fully saturated rings. The first-order valence-corrected chi connectivity index (χ1v) is 6.30. The smallest absolute Gasteiger partial charge is 0.124 e. The molecular weight excluding hydrogens is 226 g/mol. The third-order valence-corrected chi connectivity index (χ3v) is 3.41. The molecule has 92 valence electrons. The van der Waals surface area contributed by atoms with E-state index < -0.39 is 0 Å². The van der Waals surface area contributed by atoms with E-state index in [0.29, 0.717) is 12.5 Å². The Kier molecular flexibility index (Phi) is 2.99. The summed E-state index contributed by atoms with van der Waals surface area (Å²) in [7, 11) is 0. The van der Waals surface area contributed by atoms with Crippen molar-refractivity contribution in [1.29, 1.82) is 5.26 Å². The third kappa shape index (κ3) is 1.87.